The quantitative estimate of drug-likeness (QED) is 0.0340. The van der Waals surface area contributed by atoms with E-state index in [1.54, 1.807) is 28.5 Å². The van der Waals surface area contributed by atoms with Gasteiger partial charge in [0, 0.05) is 73.6 Å². The zero-order chi connectivity index (χ0) is 56.4. The lowest BCUT2D eigenvalue weighted by atomic mass is 9.79. The SMILES string of the molecule is CC[C@H](C)[C@H](NC(=O)[C@@]1(C)CCCCN1C)C(=O)N(CC)[C@H](C[C@@H](OC(C)=O)c1nc(C(=O)NC23CC2c2ccc(NC(=O)[C@H](CCCCN)NC(=O)CCCCCN4C(=O)C=CC4=O)cc2[C@H](C(=O)O)C3)cs1)C(C)C. The number of aromatic nitrogens is 1. The van der Waals surface area contributed by atoms with Gasteiger partial charge in [-0.15, -0.1) is 11.3 Å². The van der Waals surface area contributed by atoms with Crippen molar-refractivity contribution >= 4 is 70.3 Å². The summed E-state index contributed by atoms with van der Waals surface area (Å²) in [5.41, 5.74) is 5.78. The Morgan fingerprint density at radius 1 is 0.961 bits per heavy atom. The molecule has 0 bridgehead atoms. The van der Waals surface area contributed by atoms with Crippen LogP contribution in [0.4, 0.5) is 5.69 Å². The van der Waals surface area contributed by atoms with E-state index in [2.05, 4.69) is 31.2 Å². The van der Waals surface area contributed by atoms with Gasteiger partial charge in [-0.2, -0.15) is 0 Å². The maximum atomic E-state index is 14.7. The Bertz CT molecular complexity index is 2530. The van der Waals surface area contributed by atoms with E-state index in [0.29, 0.717) is 87.1 Å². The smallest absolute Gasteiger partial charge is 0.311 e. The number of likely N-dealkylation sites (N-methyl/N-ethyl adjacent to an activating group) is 2. The predicted octanol–water partition coefficient (Wildman–Crippen LogP) is 5.68. The lowest BCUT2D eigenvalue weighted by Gasteiger charge is -2.43. The number of carboxylic acid groups (broad SMARTS) is 1. The summed E-state index contributed by atoms with van der Waals surface area (Å²) in [5, 5.41) is 24.5. The molecule has 0 spiro atoms. The van der Waals surface area contributed by atoms with Crippen molar-refractivity contribution in [3.63, 3.8) is 0 Å². The number of nitrogens with two attached hydrogens (primary N) is 1. The minimum atomic E-state index is -1.10. The van der Waals surface area contributed by atoms with Crippen molar-refractivity contribution in [2.24, 2.45) is 17.6 Å². The summed E-state index contributed by atoms with van der Waals surface area (Å²) in [6.45, 7) is 14.8. The molecule has 7 N–H and O–H groups in total. The number of carbonyl (C=O) groups is 9. The summed E-state index contributed by atoms with van der Waals surface area (Å²) in [7, 11) is 1.94. The van der Waals surface area contributed by atoms with E-state index >= 15 is 0 Å². The van der Waals surface area contributed by atoms with E-state index in [1.807, 2.05) is 48.6 Å². The number of aliphatic carboxylic acids is 1. The number of piperidine rings is 1. The minimum Gasteiger partial charge on any atom is -0.481 e. The standard InChI is InChI=1S/C56H81N9O11S/c1-9-34(5)48(61-54(75)55(7)24-14-17-26-63(55)8)52(72)64(10-2)43(33(3)4)29-44(76-35(6)66)51-60-42(32-77-51)50(71)62-56-30-39(53(73)74)38-28-36(20-21-37(38)40(56)31-56)58-49(70)41(18-13-15-25-57)59-45(67)19-12-11-16-27-65-46(68)22-23-47(65)69/h20-23,28,32-34,39-41,43-44,48H,9-19,24-27,29-31,57H2,1-8H3,(H,58,70)(H,59,67)(H,61,75)(H,62,71)(H,73,74)/t34-,39+,40?,41-,43+,44+,48-,55+,56?/m0/s1. The maximum Gasteiger partial charge on any atom is 0.311 e. The van der Waals surface area contributed by atoms with Gasteiger partial charge >= 0.3 is 11.9 Å². The van der Waals surface area contributed by atoms with Crippen LogP contribution in [0.2, 0.25) is 0 Å². The molecule has 0 radical (unpaired) electrons. The monoisotopic (exact) mass is 1090 g/mol. The van der Waals surface area contributed by atoms with Gasteiger partial charge < -0.3 is 41.7 Å². The number of rotatable bonds is 28. The number of esters is 1. The maximum absolute atomic E-state index is 14.7. The lowest BCUT2D eigenvalue weighted by Crippen LogP contribution is -2.63. The van der Waals surface area contributed by atoms with Crippen LogP contribution in [-0.2, 0) is 43.1 Å². The van der Waals surface area contributed by atoms with Crippen LogP contribution in [0.5, 0.6) is 0 Å². The van der Waals surface area contributed by atoms with E-state index in [9.17, 15) is 48.3 Å². The summed E-state index contributed by atoms with van der Waals surface area (Å²) in [5.74, 6) is -5.60. The molecule has 1 saturated heterocycles. The van der Waals surface area contributed by atoms with Crippen LogP contribution < -0.4 is 27.0 Å². The van der Waals surface area contributed by atoms with Crippen molar-refractivity contribution in [2.75, 3.05) is 38.5 Å². The fourth-order valence-corrected chi connectivity index (χ4v) is 12.0. The van der Waals surface area contributed by atoms with Gasteiger partial charge in [0.1, 0.15) is 22.8 Å². The average molecular weight is 1090 g/mol. The molecule has 7 amide bonds. The van der Waals surface area contributed by atoms with Crippen molar-refractivity contribution in [1.82, 2.24) is 35.6 Å². The number of ether oxygens (including phenoxy) is 1. The number of benzene rings is 1. The van der Waals surface area contributed by atoms with Crippen LogP contribution in [-0.4, -0.2) is 141 Å². The van der Waals surface area contributed by atoms with Gasteiger partial charge in [-0.3, -0.25) is 53.0 Å². The summed E-state index contributed by atoms with van der Waals surface area (Å²) in [4.78, 5) is 129. The molecule has 1 aromatic heterocycles. The molecular weight excluding hydrogens is 1010 g/mol. The van der Waals surface area contributed by atoms with Gasteiger partial charge in [-0.25, -0.2) is 4.98 Å². The number of likely N-dealkylation sites (tertiary alicyclic amines) is 1. The number of hydrogen-bond donors (Lipinski definition) is 6. The Kier molecular flexibility index (Phi) is 20.7. The summed E-state index contributed by atoms with van der Waals surface area (Å²) < 4.78 is 5.90. The molecule has 4 aliphatic rings. The zero-order valence-electron chi connectivity index (χ0n) is 46.1. The Morgan fingerprint density at radius 2 is 1.69 bits per heavy atom. The first-order chi connectivity index (χ1) is 36.6. The van der Waals surface area contributed by atoms with Crippen molar-refractivity contribution in [1.29, 1.82) is 0 Å². The highest BCUT2D eigenvalue weighted by atomic mass is 32.1. The average Bonchev–Trinajstić information content (AvgIpc) is 3.90. The molecule has 2 fully saturated rings. The molecule has 21 heteroatoms. The van der Waals surface area contributed by atoms with Gasteiger partial charge in [0.25, 0.3) is 17.7 Å². The van der Waals surface area contributed by atoms with Crippen LogP contribution in [0.1, 0.15) is 183 Å². The van der Waals surface area contributed by atoms with Gasteiger partial charge in [-0.1, -0.05) is 46.6 Å². The second kappa shape index (κ2) is 26.5. The minimum absolute atomic E-state index is 0.0712. The number of carboxylic acids is 1. The van der Waals surface area contributed by atoms with Gasteiger partial charge in [0.15, 0.2) is 6.10 Å². The predicted molar refractivity (Wildman–Crippen MR) is 290 cm³/mol. The summed E-state index contributed by atoms with van der Waals surface area (Å²) >= 11 is 1.15. The molecular formula is C56H81N9O11S. The highest BCUT2D eigenvalue weighted by Crippen LogP contribution is 2.61. The van der Waals surface area contributed by atoms with Crippen LogP contribution >= 0.6 is 11.3 Å². The number of nitrogens with zero attached hydrogens (tertiary/aromatic N) is 4. The largest absolute Gasteiger partial charge is 0.481 e. The Hall–Kier alpha value is -6.06. The van der Waals surface area contributed by atoms with Crippen LogP contribution in [0.25, 0.3) is 0 Å². The third-order valence-corrected chi connectivity index (χ3v) is 17.2. The van der Waals surface area contributed by atoms with Crippen LogP contribution in [0, 0.1) is 11.8 Å². The second-order valence-electron chi connectivity index (χ2n) is 22.0. The molecule has 422 valence electrons. The lowest BCUT2D eigenvalue weighted by molar-refractivity contribution is -0.150. The number of hydrogen-bond acceptors (Lipinski definition) is 14. The Balaban J connectivity index is 1.11. The van der Waals surface area contributed by atoms with Crippen molar-refractivity contribution in [3.8, 4) is 0 Å². The molecule has 1 aromatic carbocycles. The molecule has 3 heterocycles. The van der Waals surface area contributed by atoms with Crippen molar-refractivity contribution < 1.29 is 53.0 Å². The van der Waals surface area contributed by atoms with E-state index < -0.39 is 65.0 Å². The van der Waals surface area contributed by atoms with Crippen LogP contribution in [0.15, 0.2) is 35.7 Å². The normalized spacial score (nSPS) is 22.7. The topological polar surface area (TPSA) is 280 Å². The van der Waals surface area contributed by atoms with Gasteiger partial charge in [0.2, 0.25) is 23.6 Å². The van der Waals surface area contributed by atoms with Crippen molar-refractivity contribution in [3.05, 3.63) is 57.6 Å². The second-order valence-corrected chi connectivity index (χ2v) is 22.9. The third kappa shape index (κ3) is 14.6. The number of carbonyl (C=O) groups excluding carboxylic acids is 8. The highest BCUT2D eigenvalue weighted by Gasteiger charge is 2.61. The number of anilines is 1. The van der Waals surface area contributed by atoms with Gasteiger partial charge in [-0.05, 0) is 133 Å². The first kappa shape index (κ1) is 60.2. The molecule has 77 heavy (non-hydrogen) atoms. The molecule has 1 saturated carbocycles. The Morgan fingerprint density at radius 3 is 2.32 bits per heavy atom. The van der Waals surface area contributed by atoms with Gasteiger partial charge in [0.05, 0.1) is 11.5 Å². The number of nitrogens with one attached hydrogen (secondary N) is 4. The first-order valence-electron chi connectivity index (χ1n) is 27.6. The number of amides is 7. The van der Waals surface area contributed by atoms with E-state index in [4.69, 9.17) is 10.5 Å². The molecule has 9 atom stereocenters. The number of thiazole rings is 1. The zero-order valence-corrected chi connectivity index (χ0v) is 46.9. The number of imide groups is 1. The summed E-state index contributed by atoms with van der Waals surface area (Å²) in [6.07, 6.45) is 8.84. The van der Waals surface area contributed by atoms with E-state index in [-0.39, 0.29) is 78.8 Å². The molecule has 20 nitrogen and oxygen atoms in total. The first-order valence-corrected chi connectivity index (χ1v) is 28.4. The Labute approximate surface area is 456 Å². The third-order valence-electron chi connectivity index (χ3n) is 16.3. The fraction of sp³-hybridized carbons (Fsp3) is 0.643. The molecule has 2 aromatic rings. The molecule has 2 aliphatic carbocycles. The van der Waals surface area contributed by atoms with Crippen molar-refractivity contribution in [2.45, 2.75) is 186 Å². The fourth-order valence-electron chi connectivity index (χ4n) is 11.2. The summed E-state index contributed by atoms with van der Waals surface area (Å²) in [6, 6.07) is 2.99. The molecule has 6 rings (SSSR count). The molecule has 2 unspecified atom stereocenters. The van der Waals surface area contributed by atoms with Crippen LogP contribution in [0.3, 0.4) is 0 Å². The van der Waals surface area contributed by atoms with E-state index in [1.165, 1.54) is 19.1 Å². The van der Waals surface area contributed by atoms with E-state index in [0.717, 1.165) is 41.2 Å². The number of fused-ring (bicyclic) bond motifs is 3. The highest BCUT2D eigenvalue weighted by molar-refractivity contribution is 7.09. The number of unbranched alkanes of at least 4 members (excludes halogenated alkanes) is 3. The molecule has 2 aliphatic heterocycles.